The van der Waals surface area contributed by atoms with Crippen molar-refractivity contribution < 1.29 is 40.6 Å². The van der Waals surface area contributed by atoms with Crippen molar-refractivity contribution >= 4 is 28.1 Å². The summed E-state index contributed by atoms with van der Waals surface area (Å²) in [6.07, 6.45) is -0.141. The van der Waals surface area contributed by atoms with Crippen molar-refractivity contribution in [3.05, 3.63) is 154 Å². The third-order valence-electron chi connectivity index (χ3n) is 8.34. The van der Waals surface area contributed by atoms with Crippen LogP contribution in [0, 0.1) is 11.6 Å². The minimum atomic E-state index is -4.67. The summed E-state index contributed by atoms with van der Waals surface area (Å²) in [6.45, 7) is 16.0. The lowest BCUT2D eigenvalue weighted by molar-refractivity contribution is -0.142. The van der Waals surface area contributed by atoms with Crippen LogP contribution in [-0.4, -0.2) is 47.0 Å². The SMILES string of the molecule is CC(C)(C)c1nc(C=O)cc(N)c1F.CCOC(OCC)c1cc(NC(c2ccccc2)(c2ccccc2)c2ccccc2)c(F)c(C(C)(C)C)n1.O=S(=O)(O)O. The summed E-state index contributed by atoms with van der Waals surface area (Å²) in [4.78, 5) is 19.1. The van der Waals surface area contributed by atoms with E-state index in [1.54, 1.807) is 6.07 Å². The number of nitrogen functional groups attached to an aromatic ring is 1. The first-order valence-electron chi connectivity index (χ1n) is 18.2. The highest BCUT2D eigenvalue weighted by atomic mass is 32.3. The third kappa shape index (κ3) is 12.7. The molecule has 5 aromatic rings. The van der Waals surface area contributed by atoms with Gasteiger partial charge in [-0.3, -0.25) is 13.9 Å². The van der Waals surface area contributed by atoms with Crippen molar-refractivity contribution in [2.75, 3.05) is 24.3 Å². The summed E-state index contributed by atoms with van der Waals surface area (Å²) in [5.74, 6) is -0.928. The average Bonchev–Trinajstić information content (AvgIpc) is 3.15. The van der Waals surface area contributed by atoms with E-state index in [9.17, 15) is 9.18 Å². The predicted molar refractivity (Wildman–Crippen MR) is 219 cm³/mol. The van der Waals surface area contributed by atoms with Gasteiger partial charge in [0.25, 0.3) is 0 Å². The van der Waals surface area contributed by atoms with Gasteiger partial charge >= 0.3 is 10.4 Å². The summed E-state index contributed by atoms with van der Waals surface area (Å²) in [5.41, 5.74) is 8.05. The highest BCUT2D eigenvalue weighted by Crippen LogP contribution is 2.42. The maximum atomic E-state index is 16.5. The average molecular weight is 807 g/mol. The number of anilines is 2. The molecule has 0 radical (unpaired) electrons. The van der Waals surface area contributed by atoms with Crippen molar-refractivity contribution in [3.63, 3.8) is 0 Å². The lowest BCUT2D eigenvalue weighted by Crippen LogP contribution is -2.39. The van der Waals surface area contributed by atoms with Gasteiger partial charge in [-0.25, -0.2) is 18.7 Å². The second kappa shape index (κ2) is 19.8. The molecule has 3 aromatic carbocycles. The van der Waals surface area contributed by atoms with Crippen molar-refractivity contribution in [1.29, 1.82) is 0 Å². The quantitative estimate of drug-likeness (QED) is 0.0434. The maximum absolute atomic E-state index is 16.5. The van der Waals surface area contributed by atoms with Gasteiger partial charge in [0.05, 0.1) is 28.5 Å². The lowest BCUT2D eigenvalue weighted by atomic mass is 9.76. The van der Waals surface area contributed by atoms with Crippen LogP contribution in [0.25, 0.3) is 0 Å². The number of nitrogens with two attached hydrogens (primary N) is 1. The number of aldehydes is 1. The second-order valence-electron chi connectivity index (χ2n) is 14.8. The van der Waals surface area contributed by atoms with Crippen LogP contribution in [0.3, 0.4) is 0 Å². The van der Waals surface area contributed by atoms with E-state index in [0.29, 0.717) is 36.6 Å². The fraction of sp³-hybridized carbons (Fsp3) is 0.326. The lowest BCUT2D eigenvalue weighted by Gasteiger charge is -2.38. The Labute approximate surface area is 334 Å². The van der Waals surface area contributed by atoms with E-state index in [2.05, 4.69) is 46.7 Å². The van der Waals surface area contributed by atoms with Gasteiger partial charge in [-0.05, 0) is 42.7 Å². The van der Waals surface area contributed by atoms with Gasteiger partial charge in [-0.15, -0.1) is 0 Å². The molecule has 2 aromatic heterocycles. The monoisotopic (exact) mass is 806 g/mol. The Morgan fingerprint density at radius 2 is 1.11 bits per heavy atom. The molecule has 2 heterocycles. The number of hydrogen-bond acceptors (Lipinski definition) is 9. The van der Waals surface area contributed by atoms with Gasteiger partial charge in [-0.2, -0.15) is 8.42 Å². The van der Waals surface area contributed by atoms with Crippen molar-refractivity contribution in [2.45, 2.75) is 78.0 Å². The Hall–Kier alpha value is -5.12. The topological polar surface area (TPSA) is 174 Å². The summed E-state index contributed by atoms with van der Waals surface area (Å²) < 4.78 is 73.3. The number of hydrogen-bond donors (Lipinski definition) is 4. The summed E-state index contributed by atoms with van der Waals surface area (Å²) >= 11 is 0. The Kier molecular flexibility index (Phi) is 16.1. The van der Waals surface area contributed by atoms with Gasteiger partial charge in [0.15, 0.2) is 17.9 Å². The molecule has 0 spiro atoms. The van der Waals surface area contributed by atoms with Crippen molar-refractivity contribution in [1.82, 2.24) is 9.97 Å². The van der Waals surface area contributed by atoms with Crippen LogP contribution in [0.5, 0.6) is 0 Å². The Morgan fingerprint density at radius 3 is 1.46 bits per heavy atom. The molecule has 0 saturated heterocycles. The molecular weight excluding hydrogens is 755 g/mol. The first-order chi connectivity index (χ1) is 26.7. The minimum Gasteiger partial charge on any atom is -0.396 e. The van der Waals surface area contributed by atoms with Gasteiger partial charge < -0.3 is 20.5 Å². The first-order valence-corrected chi connectivity index (χ1v) is 19.6. The predicted octanol–water partition coefficient (Wildman–Crippen LogP) is 9.25. The zero-order chi connectivity index (χ0) is 42.6. The van der Waals surface area contributed by atoms with Crippen molar-refractivity contribution in [3.8, 4) is 0 Å². The highest BCUT2D eigenvalue weighted by Gasteiger charge is 2.38. The van der Waals surface area contributed by atoms with E-state index < -0.39 is 38.9 Å². The molecule has 5 rings (SSSR count). The molecule has 0 bridgehead atoms. The standard InChI is InChI=1S/C33H37FN2O2.C10H13FN2O.H2O4S/c1-6-37-31(38-7-2)28-23-27(29(34)30(35-28)32(3,4)5)36-33(24-17-11-8-12-18-24,25-19-13-9-14-20-25)26-21-15-10-16-22-26;1-10(2,3)9-8(11)7(12)4-6(5-14)13-9;1-5(2,3)4/h8-23,31H,6-7H2,1-5H3,(H,35,36);4-5H,1-3H3,(H2,12,13);(H2,1,2,3,4). The molecule has 5 N–H and O–H groups in total. The number of pyridine rings is 2. The molecule has 0 fully saturated rings. The second-order valence-corrected chi connectivity index (χ2v) is 15.7. The van der Waals surface area contributed by atoms with E-state index in [1.165, 1.54) is 6.07 Å². The zero-order valence-corrected chi connectivity index (χ0v) is 34.3. The number of ether oxygens (including phenoxy) is 2. The first kappa shape index (κ1) is 46.3. The Bertz CT molecular complexity index is 2050. The molecule has 0 amide bonds. The third-order valence-corrected chi connectivity index (χ3v) is 8.34. The number of aromatic nitrogens is 2. The zero-order valence-electron chi connectivity index (χ0n) is 33.5. The molecule has 0 atom stereocenters. The molecular formula is C43H52F2N4O7S. The molecule has 0 aliphatic carbocycles. The minimum absolute atomic E-state index is 0.0352. The fourth-order valence-electron chi connectivity index (χ4n) is 5.89. The largest absolute Gasteiger partial charge is 0.396 e. The van der Waals surface area contributed by atoms with Crippen LogP contribution in [-0.2, 0) is 36.2 Å². The van der Waals surface area contributed by atoms with E-state index in [-0.39, 0.29) is 22.9 Å². The van der Waals surface area contributed by atoms with Crippen LogP contribution in [0.1, 0.15) is 106 Å². The van der Waals surface area contributed by atoms with Gasteiger partial charge in [0.1, 0.15) is 11.2 Å². The van der Waals surface area contributed by atoms with Crippen LogP contribution in [0.2, 0.25) is 0 Å². The maximum Gasteiger partial charge on any atom is 0.394 e. The Morgan fingerprint density at radius 1 is 0.719 bits per heavy atom. The smallest absolute Gasteiger partial charge is 0.394 e. The number of carbonyl (C=O) groups is 1. The molecule has 0 aliphatic heterocycles. The Balaban J connectivity index is 0.000000378. The summed E-state index contributed by atoms with van der Waals surface area (Å²) in [6, 6.07) is 33.4. The van der Waals surface area contributed by atoms with Crippen molar-refractivity contribution in [2.24, 2.45) is 0 Å². The number of nitrogens with zero attached hydrogens (tertiary/aromatic N) is 2. The van der Waals surface area contributed by atoms with Crippen LogP contribution in [0.15, 0.2) is 103 Å². The van der Waals surface area contributed by atoms with Crippen LogP contribution >= 0.6 is 0 Å². The summed E-state index contributed by atoms with van der Waals surface area (Å²) in [5, 5.41) is 3.68. The van der Waals surface area contributed by atoms with E-state index in [1.807, 2.05) is 110 Å². The van der Waals surface area contributed by atoms with Crippen LogP contribution in [0.4, 0.5) is 20.2 Å². The van der Waals surface area contributed by atoms with Crippen LogP contribution < -0.4 is 11.1 Å². The normalized spacial score (nSPS) is 11.9. The molecule has 14 heteroatoms. The molecule has 306 valence electrons. The van der Waals surface area contributed by atoms with Gasteiger partial charge in [0, 0.05) is 24.0 Å². The molecule has 0 unspecified atom stereocenters. The van der Waals surface area contributed by atoms with Gasteiger partial charge in [-0.1, -0.05) is 133 Å². The molecule has 0 saturated carbocycles. The van der Waals surface area contributed by atoms with E-state index in [4.69, 9.17) is 37.7 Å². The highest BCUT2D eigenvalue weighted by molar-refractivity contribution is 7.79. The molecule has 11 nitrogen and oxygen atoms in total. The number of benzene rings is 3. The van der Waals surface area contributed by atoms with Gasteiger partial charge in [0.2, 0.25) is 6.29 Å². The summed E-state index contributed by atoms with van der Waals surface area (Å²) in [7, 11) is -4.67. The number of rotatable bonds is 11. The fourth-order valence-corrected chi connectivity index (χ4v) is 5.89. The number of carbonyl (C=O) groups excluding carboxylic acids is 1. The van der Waals surface area contributed by atoms with E-state index in [0.717, 1.165) is 16.7 Å². The molecule has 57 heavy (non-hydrogen) atoms. The molecule has 0 aliphatic rings. The van der Waals surface area contributed by atoms with E-state index >= 15 is 4.39 Å². The number of halogens is 2. The number of nitrogens with one attached hydrogen (secondary N) is 1.